The van der Waals surface area contributed by atoms with Crippen LogP contribution < -0.4 is 0 Å². The van der Waals surface area contributed by atoms with E-state index in [-0.39, 0.29) is 11.4 Å². The fourth-order valence-electron chi connectivity index (χ4n) is 1.04. The molecule has 0 aliphatic carbocycles. The summed E-state index contributed by atoms with van der Waals surface area (Å²) in [4.78, 5) is 13.9. The van der Waals surface area contributed by atoms with Crippen LogP contribution in [0.15, 0.2) is 16.7 Å². The first-order valence-electron chi connectivity index (χ1n) is 3.85. The zero-order valence-electron chi connectivity index (χ0n) is 7.69. The van der Waals surface area contributed by atoms with Crippen molar-refractivity contribution in [1.82, 2.24) is 4.98 Å². The Morgan fingerprint density at radius 2 is 2.21 bits per heavy atom. The highest BCUT2D eigenvalue weighted by Crippen LogP contribution is 2.29. The molecule has 0 unspecified atom stereocenters. The Bertz CT molecular complexity index is 373. The molecule has 0 spiro atoms. The van der Waals surface area contributed by atoms with Crippen molar-refractivity contribution in [1.29, 1.82) is 0 Å². The second kappa shape index (κ2) is 3.62. The van der Waals surface area contributed by atoms with Crippen LogP contribution in [0.1, 0.15) is 19.5 Å². The smallest absolute Gasteiger partial charge is 0.294 e. The third kappa shape index (κ3) is 2.27. The van der Waals surface area contributed by atoms with Crippen LogP contribution >= 0.6 is 15.9 Å². The van der Waals surface area contributed by atoms with E-state index in [1.54, 1.807) is 0 Å². The Morgan fingerprint density at radius 1 is 1.64 bits per heavy atom. The van der Waals surface area contributed by atoms with Crippen LogP contribution in [0.2, 0.25) is 0 Å². The molecule has 0 amide bonds. The fourth-order valence-corrected chi connectivity index (χ4v) is 1.36. The molecule has 0 fully saturated rings. The first kappa shape index (κ1) is 11.1. The molecule has 0 saturated carbocycles. The van der Waals surface area contributed by atoms with Gasteiger partial charge in [0.25, 0.3) is 5.69 Å². The van der Waals surface area contributed by atoms with Crippen molar-refractivity contribution in [2.24, 2.45) is 0 Å². The molecule has 0 bridgehead atoms. The van der Waals surface area contributed by atoms with Gasteiger partial charge in [-0.05, 0) is 29.8 Å². The summed E-state index contributed by atoms with van der Waals surface area (Å²) in [5, 5.41) is 20.3. The van der Waals surface area contributed by atoms with Crippen molar-refractivity contribution in [2.75, 3.05) is 0 Å². The molecule has 0 aliphatic rings. The quantitative estimate of drug-likeness (QED) is 0.652. The number of hydrogen-bond donors (Lipinski definition) is 1. The Balaban J connectivity index is 3.37. The maximum absolute atomic E-state index is 10.7. The molecule has 1 aromatic heterocycles. The molecule has 1 rings (SSSR count). The van der Waals surface area contributed by atoms with Gasteiger partial charge in [-0.15, -0.1) is 0 Å². The maximum atomic E-state index is 10.7. The highest BCUT2D eigenvalue weighted by Gasteiger charge is 2.28. The summed E-state index contributed by atoms with van der Waals surface area (Å²) >= 11 is 3.08. The number of rotatable bonds is 2. The predicted octanol–water partition coefficient (Wildman–Crippen LogP) is 1.98. The molecule has 0 saturated heterocycles. The largest absolute Gasteiger partial charge is 0.384 e. The zero-order chi connectivity index (χ0) is 10.9. The molecule has 14 heavy (non-hydrogen) atoms. The van der Waals surface area contributed by atoms with Crippen LogP contribution in [0.25, 0.3) is 0 Å². The summed E-state index contributed by atoms with van der Waals surface area (Å²) in [5.74, 6) is 0. The lowest BCUT2D eigenvalue weighted by Gasteiger charge is -2.15. The van der Waals surface area contributed by atoms with E-state index in [2.05, 4.69) is 20.9 Å². The van der Waals surface area contributed by atoms with Crippen molar-refractivity contribution >= 4 is 21.6 Å². The highest BCUT2D eigenvalue weighted by molar-refractivity contribution is 9.10. The van der Waals surface area contributed by atoms with Crippen molar-refractivity contribution in [3.8, 4) is 0 Å². The van der Waals surface area contributed by atoms with Crippen molar-refractivity contribution < 1.29 is 10.0 Å². The third-order valence-corrected chi connectivity index (χ3v) is 2.04. The van der Waals surface area contributed by atoms with Crippen LogP contribution in [0.4, 0.5) is 5.69 Å². The maximum Gasteiger partial charge on any atom is 0.294 e. The molecule has 1 aromatic rings. The van der Waals surface area contributed by atoms with Gasteiger partial charge in [-0.1, -0.05) is 0 Å². The Morgan fingerprint density at radius 3 is 2.64 bits per heavy atom. The minimum atomic E-state index is -1.32. The zero-order valence-corrected chi connectivity index (χ0v) is 9.28. The van der Waals surface area contributed by atoms with Crippen LogP contribution in [-0.4, -0.2) is 15.0 Å². The molecule has 1 N–H and O–H groups in total. The topological polar surface area (TPSA) is 76.3 Å². The molecular weight excluding hydrogens is 252 g/mol. The van der Waals surface area contributed by atoms with E-state index in [9.17, 15) is 15.2 Å². The number of nitro groups is 1. The summed E-state index contributed by atoms with van der Waals surface area (Å²) in [5.41, 5.74) is -1.44. The van der Waals surface area contributed by atoms with E-state index in [1.807, 2.05) is 0 Å². The van der Waals surface area contributed by atoms with Gasteiger partial charge >= 0.3 is 0 Å². The fraction of sp³-hybridized carbons (Fsp3) is 0.375. The molecule has 76 valence electrons. The monoisotopic (exact) mass is 260 g/mol. The normalized spacial score (nSPS) is 11.4. The lowest BCUT2D eigenvalue weighted by atomic mass is 10.0. The summed E-state index contributed by atoms with van der Waals surface area (Å²) in [6, 6.07) is 1.32. The van der Waals surface area contributed by atoms with Gasteiger partial charge in [-0.3, -0.25) is 10.1 Å². The molecule has 1 heterocycles. The van der Waals surface area contributed by atoms with Crippen molar-refractivity contribution in [2.45, 2.75) is 19.4 Å². The van der Waals surface area contributed by atoms with Gasteiger partial charge in [0, 0.05) is 16.7 Å². The Hall–Kier alpha value is -1.01. The van der Waals surface area contributed by atoms with Crippen molar-refractivity contribution in [3.05, 3.63) is 32.5 Å². The SMILES string of the molecule is CC(C)(O)c1ncc(Br)cc1[N+](=O)[O-]. The van der Waals surface area contributed by atoms with Gasteiger partial charge in [0.15, 0.2) is 0 Å². The van der Waals surface area contributed by atoms with Gasteiger partial charge in [-0.25, -0.2) is 4.98 Å². The minimum Gasteiger partial charge on any atom is -0.384 e. The molecule has 0 atom stereocenters. The van der Waals surface area contributed by atoms with Gasteiger partial charge in [-0.2, -0.15) is 0 Å². The van der Waals surface area contributed by atoms with Crippen LogP contribution in [-0.2, 0) is 5.60 Å². The molecule has 0 aliphatic heterocycles. The van der Waals surface area contributed by atoms with Gasteiger partial charge < -0.3 is 5.11 Å². The average Bonchev–Trinajstić information content (AvgIpc) is 2.01. The average molecular weight is 261 g/mol. The highest BCUT2D eigenvalue weighted by atomic mass is 79.9. The molecule has 5 nitrogen and oxygen atoms in total. The number of pyridine rings is 1. The number of nitrogens with zero attached hydrogens (tertiary/aromatic N) is 2. The summed E-state index contributed by atoms with van der Waals surface area (Å²) in [6.45, 7) is 2.91. The molecule has 6 heteroatoms. The summed E-state index contributed by atoms with van der Waals surface area (Å²) in [7, 11) is 0. The second-order valence-electron chi connectivity index (χ2n) is 3.34. The minimum absolute atomic E-state index is 0.0608. The predicted molar refractivity (Wildman–Crippen MR) is 53.8 cm³/mol. The lowest BCUT2D eigenvalue weighted by molar-refractivity contribution is -0.387. The Kier molecular flexibility index (Phi) is 2.86. The van der Waals surface area contributed by atoms with Gasteiger partial charge in [0.2, 0.25) is 0 Å². The first-order chi connectivity index (χ1) is 6.32. The van der Waals surface area contributed by atoms with Crippen LogP contribution in [0.5, 0.6) is 0 Å². The van der Waals surface area contributed by atoms with Gasteiger partial charge in [0.05, 0.1) is 4.92 Å². The summed E-state index contributed by atoms with van der Waals surface area (Å²) < 4.78 is 0.511. The third-order valence-electron chi connectivity index (χ3n) is 1.61. The first-order valence-corrected chi connectivity index (χ1v) is 4.64. The van der Waals surface area contributed by atoms with E-state index in [0.717, 1.165) is 0 Å². The van der Waals surface area contributed by atoms with E-state index >= 15 is 0 Å². The number of hydrogen-bond acceptors (Lipinski definition) is 4. The van der Waals surface area contributed by atoms with Crippen molar-refractivity contribution in [3.63, 3.8) is 0 Å². The van der Waals surface area contributed by atoms with E-state index in [4.69, 9.17) is 0 Å². The number of aromatic nitrogens is 1. The molecular formula is C8H9BrN2O3. The lowest BCUT2D eigenvalue weighted by Crippen LogP contribution is -2.19. The second-order valence-corrected chi connectivity index (χ2v) is 4.25. The number of halogens is 1. The van der Waals surface area contributed by atoms with Gasteiger partial charge in [0.1, 0.15) is 11.3 Å². The number of aliphatic hydroxyl groups is 1. The van der Waals surface area contributed by atoms with E-state index in [1.165, 1.54) is 26.1 Å². The molecule has 0 aromatic carbocycles. The standard InChI is InChI=1S/C8H9BrN2O3/c1-8(2,12)7-6(11(13)14)3-5(9)4-10-7/h3-4,12H,1-2H3. The van der Waals surface area contributed by atoms with E-state index in [0.29, 0.717) is 4.47 Å². The van der Waals surface area contributed by atoms with E-state index < -0.39 is 10.5 Å². The van der Waals surface area contributed by atoms with Crippen LogP contribution in [0, 0.1) is 10.1 Å². The summed E-state index contributed by atoms with van der Waals surface area (Å²) in [6.07, 6.45) is 1.42. The molecule has 0 radical (unpaired) electrons. The van der Waals surface area contributed by atoms with Crippen LogP contribution in [0.3, 0.4) is 0 Å². The Labute approximate surface area is 89.1 Å².